The third kappa shape index (κ3) is 5.38. The highest BCUT2D eigenvalue weighted by Gasteiger charge is 2.22. The quantitative estimate of drug-likeness (QED) is 0.581. The van der Waals surface area contributed by atoms with Crippen LogP contribution >= 0.6 is 11.3 Å². The molecule has 1 amide bonds. The molecule has 2 aromatic carbocycles. The van der Waals surface area contributed by atoms with E-state index < -0.39 is 0 Å². The molecule has 0 atom stereocenters. The van der Waals surface area contributed by atoms with Gasteiger partial charge in [-0.25, -0.2) is 9.37 Å². The molecule has 3 heterocycles. The second kappa shape index (κ2) is 10.5. The molecule has 0 unspecified atom stereocenters. The molecule has 178 valence electrons. The van der Waals surface area contributed by atoms with Crippen molar-refractivity contribution in [1.82, 2.24) is 9.88 Å². The van der Waals surface area contributed by atoms with Gasteiger partial charge < -0.3 is 19.9 Å². The van der Waals surface area contributed by atoms with E-state index in [0.717, 1.165) is 67.0 Å². The maximum absolute atomic E-state index is 13.2. The molecule has 0 radical (unpaired) electrons. The van der Waals surface area contributed by atoms with Crippen LogP contribution in [0.3, 0.4) is 0 Å². The van der Waals surface area contributed by atoms with Gasteiger partial charge in [-0.05, 0) is 36.4 Å². The topological polar surface area (TPSA) is 60.9 Å². The Hall–Kier alpha value is -3.01. The van der Waals surface area contributed by atoms with E-state index in [1.165, 1.54) is 12.1 Å². The van der Waals surface area contributed by atoms with Gasteiger partial charge in [-0.3, -0.25) is 9.69 Å². The number of ether oxygens (including phenoxy) is 1. The van der Waals surface area contributed by atoms with Crippen LogP contribution in [-0.2, 0) is 9.53 Å². The van der Waals surface area contributed by atoms with Crippen LogP contribution in [0.2, 0.25) is 0 Å². The minimum atomic E-state index is -0.246. The van der Waals surface area contributed by atoms with Crippen LogP contribution in [0.25, 0.3) is 11.3 Å². The first-order chi connectivity index (χ1) is 16.7. The van der Waals surface area contributed by atoms with Crippen LogP contribution in [0.15, 0.2) is 53.9 Å². The van der Waals surface area contributed by atoms with Crippen LogP contribution in [0.5, 0.6) is 0 Å². The van der Waals surface area contributed by atoms with Crippen LogP contribution < -0.4 is 15.1 Å². The van der Waals surface area contributed by atoms with E-state index in [-0.39, 0.29) is 11.7 Å². The normalized spacial score (nSPS) is 17.1. The first-order valence-electron chi connectivity index (χ1n) is 11.6. The zero-order valence-electron chi connectivity index (χ0n) is 19.0. The van der Waals surface area contributed by atoms with E-state index in [2.05, 4.69) is 20.0 Å². The SMILES string of the molecule is O=C(CN1CCN(c2nc(-c3ccc(F)cc3)cs2)CC1)Nc1ccccc1N1CCOCC1. The number of thiazole rings is 1. The second-order valence-corrected chi connectivity index (χ2v) is 9.29. The predicted octanol–water partition coefficient (Wildman–Crippen LogP) is 3.55. The number of anilines is 3. The van der Waals surface area contributed by atoms with E-state index in [1.54, 1.807) is 23.5 Å². The van der Waals surface area contributed by atoms with Crippen LogP contribution in [0.1, 0.15) is 0 Å². The van der Waals surface area contributed by atoms with E-state index in [0.29, 0.717) is 19.8 Å². The van der Waals surface area contributed by atoms with E-state index >= 15 is 0 Å². The summed E-state index contributed by atoms with van der Waals surface area (Å²) in [7, 11) is 0. The molecular formula is C25H28FN5O2S. The first kappa shape index (κ1) is 22.8. The van der Waals surface area contributed by atoms with Gasteiger partial charge in [0.05, 0.1) is 36.8 Å². The Balaban J connectivity index is 1.14. The number of nitrogens with zero attached hydrogens (tertiary/aromatic N) is 4. The van der Waals surface area contributed by atoms with Gasteiger partial charge >= 0.3 is 0 Å². The molecule has 1 N–H and O–H groups in total. The molecule has 0 bridgehead atoms. The average molecular weight is 482 g/mol. The fourth-order valence-electron chi connectivity index (χ4n) is 4.31. The van der Waals surface area contributed by atoms with Crippen molar-refractivity contribution in [2.24, 2.45) is 0 Å². The van der Waals surface area contributed by atoms with Crippen LogP contribution in [-0.4, -0.2) is 74.8 Å². The zero-order valence-corrected chi connectivity index (χ0v) is 19.8. The molecule has 0 spiro atoms. The number of rotatable bonds is 6. The number of morpholine rings is 1. The maximum atomic E-state index is 13.2. The van der Waals surface area contributed by atoms with Gasteiger partial charge in [-0.2, -0.15) is 0 Å². The maximum Gasteiger partial charge on any atom is 0.238 e. The Morgan fingerprint density at radius 2 is 1.71 bits per heavy atom. The Labute approximate surface area is 202 Å². The molecular weight excluding hydrogens is 453 g/mol. The number of para-hydroxylation sites is 2. The van der Waals surface area contributed by atoms with Crippen molar-refractivity contribution in [2.45, 2.75) is 0 Å². The number of benzene rings is 2. The lowest BCUT2D eigenvalue weighted by Crippen LogP contribution is -2.48. The molecule has 2 aliphatic heterocycles. The molecule has 5 rings (SSSR count). The highest BCUT2D eigenvalue weighted by molar-refractivity contribution is 7.14. The number of aromatic nitrogens is 1. The Kier molecular flexibility index (Phi) is 7.03. The van der Waals surface area contributed by atoms with Crippen molar-refractivity contribution in [3.05, 3.63) is 59.7 Å². The van der Waals surface area contributed by atoms with Crippen LogP contribution in [0.4, 0.5) is 20.9 Å². The fraction of sp³-hybridized carbons (Fsp3) is 0.360. The van der Waals surface area contributed by atoms with Gasteiger partial charge in [-0.1, -0.05) is 12.1 Å². The van der Waals surface area contributed by atoms with E-state index in [9.17, 15) is 9.18 Å². The summed E-state index contributed by atoms with van der Waals surface area (Å²) >= 11 is 1.60. The van der Waals surface area contributed by atoms with Gasteiger partial charge in [0.15, 0.2) is 5.13 Å². The number of nitrogens with one attached hydrogen (secondary N) is 1. The molecule has 0 aliphatic carbocycles. The lowest BCUT2D eigenvalue weighted by atomic mass is 10.2. The average Bonchev–Trinajstić information content (AvgIpc) is 3.36. The zero-order chi connectivity index (χ0) is 23.3. The van der Waals surface area contributed by atoms with Crippen molar-refractivity contribution in [1.29, 1.82) is 0 Å². The molecule has 9 heteroatoms. The Morgan fingerprint density at radius 1 is 0.971 bits per heavy atom. The number of halogens is 1. The van der Waals surface area contributed by atoms with Gasteiger partial charge in [-0.15, -0.1) is 11.3 Å². The Bertz CT molecular complexity index is 1110. The largest absolute Gasteiger partial charge is 0.378 e. The number of piperazine rings is 1. The summed E-state index contributed by atoms with van der Waals surface area (Å²) in [5.41, 5.74) is 3.67. The monoisotopic (exact) mass is 481 g/mol. The lowest BCUT2D eigenvalue weighted by Gasteiger charge is -2.34. The molecule has 2 fully saturated rings. The molecule has 2 saturated heterocycles. The minimum Gasteiger partial charge on any atom is -0.378 e. The Morgan fingerprint density at radius 3 is 2.47 bits per heavy atom. The molecule has 2 aliphatic rings. The van der Waals surface area contributed by atoms with Crippen molar-refractivity contribution in [2.75, 3.05) is 74.1 Å². The summed E-state index contributed by atoms with van der Waals surface area (Å²) in [4.78, 5) is 24.2. The third-order valence-corrected chi connectivity index (χ3v) is 7.07. The summed E-state index contributed by atoms with van der Waals surface area (Å²) in [6.45, 7) is 6.65. The summed E-state index contributed by atoms with van der Waals surface area (Å²) in [6.07, 6.45) is 0. The number of carbonyl (C=O) groups is 1. The molecule has 1 aromatic heterocycles. The van der Waals surface area contributed by atoms with Gasteiger partial charge in [0.25, 0.3) is 0 Å². The van der Waals surface area contributed by atoms with Gasteiger partial charge in [0.2, 0.25) is 5.91 Å². The predicted molar refractivity (Wildman–Crippen MR) is 134 cm³/mol. The summed E-state index contributed by atoms with van der Waals surface area (Å²) < 4.78 is 18.6. The second-order valence-electron chi connectivity index (χ2n) is 8.45. The van der Waals surface area contributed by atoms with Gasteiger partial charge in [0, 0.05) is 50.2 Å². The number of amides is 1. The van der Waals surface area contributed by atoms with E-state index in [1.807, 2.05) is 29.6 Å². The highest BCUT2D eigenvalue weighted by atomic mass is 32.1. The van der Waals surface area contributed by atoms with E-state index in [4.69, 9.17) is 9.72 Å². The standard InChI is InChI=1S/C25H28FN5O2S/c26-20-7-5-19(6-8-20)22-18-34-25(28-22)31-11-9-29(10-12-31)17-24(32)27-21-3-1-2-4-23(21)30-13-15-33-16-14-30/h1-8,18H,9-17H2,(H,27,32). The van der Waals surface area contributed by atoms with Crippen molar-refractivity contribution in [3.63, 3.8) is 0 Å². The number of carbonyl (C=O) groups excluding carboxylic acids is 1. The molecule has 34 heavy (non-hydrogen) atoms. The summed E-state index contributed by atoms with van der Waals surface area (Å²) in [5, 5.41) is 6.08. The molecule has 3 aromatic rings. The van der Waals surface area contributed by atoms with Crippen LogP contribution in [0, 0.1) is 5.82 Å². The molecule has 7 nitrogen and oxygen atoms in total. The van der Waals surface area contributed by atoms with Crippen molar-refractivity contribution >= 4 is 33.8 Å². The smallest absolute Gasteiger partial charge is 0.238 e. The minimum absolute atomic E-state index is 0.00186. The number of hydrogen-bond acceptors (Lipinski definition) is 7. The number of hydrogen-bond donors (Lipinski definition) is 1. The van der Waals surface area contributed by atoms with Gasteiger partial charge in [0.1, 0.15) is 5.82 Å². The molecule has 0 saturated carbocycles. The highest BCUT2D eigenvalue weighted by Crippen LogP contribution is 2.29. The lowest BCUT2D eigenvalue weighted by molar-refractivity contribution is -0.117. The fourth-order valence-corrected chi connectivity index (χ4v) is 5.20. The third-order valence-electron chi connectivity index (χ3n) is 6.17. The van der Waals surface area contributed by atoms with Crippen molar-refractivity contribution in [3.8, 4) is 11.3 Å². The van der Waals surface area contributed by atoms with Crippen molar-refractivity contribution < 1.29 is 13.9 Å². The summed E-state index contributed by atoms with van der Waals surface area (Å²) in [5.74, 6) is -0.244. The summed E-state index contributed by atoms with van der Waals surface area (Å²) in [6, 6.07) is 14.4. The first-order valence-corrected chi connectivity index (χ1v) is 12.4.